The summed E-state index contributed by atoms with van der Waals surface area (Å²) in [4.78, 5) is 0. The van der Waals surface area contributed by atoms with Crippen LogP contribution in [0.4, 0.5) is 0 Å². The van der Waals surface area contributed by atoms with Gasteiger partial charge in [-0.1, -0.05) is 59.1 Å². The number of allylic oxidation sites excluding steroid dienone is 2. The summed E-state index contributed by atoms with van der Waals surface area (Å²) in [6, 6.07) is 0. The van der Waals surface area contributed by atoms with Crippen LogP contribution in [0.5, 0.6) is 0 Å². The third-order valence-corrected chi connectivity index (χ3v) is 10.3. The highest BCUT2D eigenvalue weighted by Crippen LogP contribution is 2.69. The van der Waals surface area contributed by atoms with Crippen LogP contribution in [-0.4, -0.2) is 0 Å². The molecule has 4 aliphatic carbocycles. The monoisotopic (exact) mass is 356 g/mol. The Morgan fingerprint density at radius 3 is 2.38 bits per heavy atom. The maximum absolute atomic E-state index is 2.75. The standard InChI is InChI=1S/C26H44/c1-5-7-8-11-20-13-14-23-21-18-19(6-2)22-12-9-10-16-26(22,4)24(21)15-17-25(20,23)3/h7-8,19-24H,5-6,9-18H2,1-4H3/b8-7+/t19-,20?,21?,22?,23?,24-,25?,26?/m0/s1. The molecule has 0 aromatic rings. The van der Waals surface area contributed by atoms with Crippen LogP contribution >= 0.6 is 0 Å². The second-order valence-electron chi connectivity index (χ2n) is 11.1. The Hall–Kier alpha value is -0.260. The van der Waals surface area contributed by atoms with E-state index >= 15 is 0 Å². The molecular formula is C26H44. The highest BCUT2D eigenvalue weighted by molar-refractivity contribution is 5.10. The van der Waals surface area contributed by atoms with Crippen molar-refractivity contribution in [2.24, 2.45) is 46.3 Å². The van der Waals surface area contributed by atoms with Crippen molar-refractivity contribution >= 4 is 0 Å². The predicted octanol–water partition coefficient (Wildman–Crippen LogP) is 8.03. The van der Waals surface area contributed by atoms with Gasteiger partial charge in [0.25, 0.3) is 0 Å². The molecular weight excluding hydrogens is 312 g/mol. The smallest absolute Gasteiger partial charge is 0.0263 e. The van der Waals surface area contributed by atoms with Gasteiger partial charge >= 0.3 is 0 Å². The largest absolute Gasteiger partial charge is 0.0888 e. The lowest BCUT2D eigenvalue weighted by Crippen LogP contribution is -2.55. The van der Waals surface area contributed by atoms with Crippen molar-refractivity contribution in [2.75, 3.05) is 0 Å². The van der Waals surface area contributed by atoms with Crippen LogP contribution in [0.15, 0.2) is 12.2 Å². The molecule has 0 aliphatic heterocycles. The van der Waals surface area contributed by atoms with Gasteiger partial charge in [0.1, 0.15) is 0 Å². The van der Waals surface area contributed by atoms with E-state index in [2.05, 4.69) is 39.8 Å². The molecule has 0 radical (unpaired) electrons. The second kappa shape index (κ2) is 7.29. The SMILES string of the molecule is CC/C=C/CC1CCC2C3C[C@H](CC)C4CCCCC4(C)[C@H]3CCC12C. The van der Waals surface area contributed by atoms with Gasteiger partial charge in [0.15, 0.2) is 0 Å². The summed E-state index contributed by atoms with van der Waals surface area (Å²) >= 11 is 0. The van der Waals surface area contributed by atoms with Crippen LogP contribution in [0.1, 0.15) is 105 Å². The van der Waals surface area contributed by atoms with E-state index in [0.29, 0.717) is 10.8 Å². The fourth-order valence-corrected chi connectivity index (χ4v) is 8.94. The summed E-state index contributed by atoms with van der Waals surface area (Å²) in [6.45, 7) is 10.2. The van der Waals surface area contributed by atoms with Gasteiger partial charge in [-0.05, 0) is 104 Å². The lowest BCUT2D eigenvalue weighted by atomic mass is 9.42. The Balaban J connectivity index is 1.59. The lowest BCUT2D eigenvalue weighted by Gasteiger charge is -2.62. The van der Waals surface area contributed by atoms with Crippen LogP contribution in [0.25, 0.3) is 0 Å². The second-order valence-corrected chi connectivity index (χ2v) is 11.1. The molecule has 0 heteroatoms. The molecule has 4 fully saturated rings. The zero-order chi connectivity index (χ0) is 18.4. The topological polar surface area (TPSA) is 0 Å². The van der Waals surface area contributed by atoms with E-state index in [1.54, 1.807) is 32.1 Å². The third-order valence-electron chi connectivity index (χ3n) is 10.3. The average molecular weight is 357 g/mol. The van der Waals surface area contributed by atoms with E-state index in [-0.39, 0.29) is 0 Å². The normalized spacial score (nSPS) is 51.1. The van der Waals surface area contributed by atoms with Crippen molar-refractivity contribution in [3.8, 4) is 0 Å². The first-order valence-electron chi connectivity index (χ1n) is 12.2. The van der Waals surface area contributed by atoms with Crippen molar-refractivity contribution in [1.29, 1.82) is 0 Å². The molecule has 0 nitrogen and oxygen atoms in total. The molecule has 26 heavy (non-hydrogen) atoms. The highest BCUT2D eigenvalue weighted by Gasteiger charge is 2.60. The summed E-state index contributed by atoms with van der Waals surface area (Å²) in [7, 11) is 0. The fraction of sp³-hybridized carbons (Fsp3) is 0.923. The zero-order valence-corrected chi connectivity index (χ0v) is 18.1. The first-order valence-corrected chi connectivity index (χ1v) is 12.2. The van der Waals surface area contributed by atoms with Gasteiger partial charge in [-0.25, -0.2) is 0 Å². The van der Waals surface area contributed by atoms with E-state index in [1.165, 1.54) is 44.9 Å². The van der Waals surface area contributed by atoms with Gasteiger partial charge < -0.3 is 0 Å². The fourth-order valence-electron chi connectivity index (χ4n) is 8.94. The van der Waals surface area contributed by atoms with Gasteiger partial charge in [-0.15, -0.1) is 0 Å². The Morgan fingerprint density at radius 2 is 1.62 bits per heavy atom. The number of rotatable bonds is 4. The van der Waals surface area contributed by atoms with E-state index in [1.807, 2.05) is 0 Å². The van der Waals surface area contributed by atoms with Crippen molar-refractivity contribution < 1.29 is 0 Å². The van der Waals surface area contributed by atoms with Crippen molar-refractivity contribution in [3.05, 3.63) is 12.2 Å². The highest BCUT2D eigenvalue weighted by atomic mass is 14.7. The van der Waals surface area contributed by atoms with E-state index in [4.69, 9.17) is 0 Å². The van der Waals surface area contributed by atoms with Gasteiger partial charge in [-0.2, -0.15) is 0 Å². The lowest BCUT2D eigenvalue weighted by molar-refractivity contribution is -0.135. The van der Waals surface area contributed by atoms with Crippen LogP contribution in [0, 0.1) is 46.3 Å². The van der Waals surface area contributed by atoms with Crippen molar-refractivity contribution in [2.45, 2.75) is 105 Å². The maximum atomic E-state index is 2.75. The molecule has 0 saturated heterocycles. The van der Waals surface area contributed by atoms with Crippen LogP contribution in [-0.2, 0) is 0 Å². The minimum atomic E-state index is 0.648. The molecule has 148 valence electrons. The first-order chi connectivity index (χ1) is 12.5. The molecule has 4 saturated carbocycles. The molecule has 0 amide bonds. The van der Waals surface area contributed by atoms with Crippen molar-refractivity contribution in [1.82, 2.24) is 0 Å². The molecule has 6 unspecified atom stereocenters. The molecule has 4 aliphatic rings. The number of hydrogen-bond acceptors (Lipinski definition) is 0. The van der Waals surface area contributed by atoms with Crippen LogP contribution in [0.3, 0.4) is 0 Å². The minimum Gasteiger partial charge on any atom is -0.0888 e. The molecule has 0 aromatic carbocycles. The van der Waals surface area contributed by atoms with Gasteiger partial charge in [0.05, 0.1) is 0 Å². The Morgan fingerprint density at radius 1 is 0.808 bits per heavy atom. The summed E-state index contributed by atoms with van der Waals surface area (Å²) in [5.74, 6) is 6.19. The van der Waals surface area contributed by atoms with Gasteiger partial charge in [0, 0.05) is 0 Å². The number of fused-ring (bicyclic) bond motifs is 5. The summed E-state index contributed by atoms with van der Waals surface area (Å²) < 4.78 is 0. The Labute approximate surface area is 163 Å². The molecule has 4 rings (SSSR count). The molecule has 0 N–H and O–H groups in total. The Kier molecular flexibility index (Phi) is 5.35. The molecule has 0 spiro atoms. The molecule has 8 atom stereocenters. The summed E-state index contributed by atoms with van der Waals surface area (Å²) in [6.07, 6.45) is 22.8. The predicted molar refractivity (Wildman–Crippen MR) is 113 cm³/mol. The third kappa shape index (κ3) is 2.84. The summed E-state index contributed by atoms with van der Waals surface area (Å²) in [5.41, 5.74) is 1.33. The maximum Gasteiger partial charge on any atom is -0.0263 e. The van der Waals surface area contributed by atoms with Gasteiger partial charge in [-0.3, -0.25) is 0 Å². The quantitative estimate of drug-likeness (QED) is 0.447. The molecule has 0 aromatic heterocycles. The van der Waals surface area contributed by atoms with Crippen molar-refractivity contribution in [3.63, 3.8) is 0 Å². The Bertz CT molecular complexity index is 518. The van der Waals surface area contributed by atoms with E-state index in [9.17, 15) is 0 Å². The van der Waals surface area contributed by atoms with Gasteiger partial charge in [0.2, 0.25) is 0 Å². The number of hydrogen-bond donors (Lipinski definition) is 0. The average Bonchev–Trinajstić information content (AvgIpc) is 2.97. The van der Waals surface area contributed by atoms with E-state index in [0.717, 1.165) is 35.5 Å². The first kappa shape index (κ1) is 19.1. The van der Waals surface area contributed by atoms with Crippen LogP contribution < -0.4 is 0 Å². The summed E-state index contributed by atoms with van der Waals surface area (Å²) in [5, 5.41) is 0. The molecule has 0 heterocycles. The zero-order valence-electron chi connectivity index (χ0n) is 18.1. The van der Waals surface area contributed by atoms with E-state index < -0.39 is 0 Å². The molecule has 0 bridgehead atoms. The van der Waals surface area contributed by atoms with Crippen LogP contribution in [0.2, 0.25) is 0 Å². The minimum absolute atomic E-state index is 0.648.